The maximum atomic E-state index is 12.0. The third-order valence-corrected chi connectivity index (χ3v) is 4.35. The third-order valence-electron chi connectivity index (χ3n) is 4.35. The lowest BCUT2D eigenvalue weighted by Gasteiger charge is -2.55. The van der Waals surface area contributed by atoms with Crippen molar-refractivity contribution in [1.29, 1.82) is 0 Å². The first-order valence-corrected chi connectivity index (χ1v) is 6.93. The zero-order valence-electron chi connectivity index (χ0n) is 13.5. The van der Waals surface area contributed by atoms with Crippen LogP contribution in [0.3, 0.4) is 0 Å². The zero-order valence-corrected chi connectivity index (χ0v) is 13.5. The summed E-state index contributed by atoms with van der Waals surface area (Å²) in [5.41, 5.74) is -6.72. The molecule has 10 nitrogen and oxygen atoms in total. The Kier molecular flexibility index (Phi) is 5.17. The van der Waals surface area contributed by atoms with Crippen LogP contribution >= 0.6 is 0 Å². The second-order valence-corrected chi connectivity index (χ2v) is 5.89. The summed E-state index contributed by atoms with van der Waals surface area (Å²) in [5.74, 6) is -8.32. The van der Waals surface area contributed by atoms with Gasteiger partial charge < -0.3 is 30.3 Å². The Bertz CT molecular complexity index is 582. The van der Waals surface area contributed by atoms with Crippen LogP contribution in [0.25, 0.3) is 0 Å². The average molecular weight is 348 g/mol. The molecular formula is C14H20O10. The Morgan fingerprint density at radius 1 is 0.875 bits per heavy atom. The van der Waals surface area contributed by atoms with Gasteiger partial charge in [-0.2, -0.15) is 0 Å². The van der Waals surface area contributed by atoms with E-state index in [1.807, 2.05) is 0 Å². The van der Waals surface area contributed by atoms with Crippen LogP contribution in [0.5, 0.6) is 0 Å². The Labute approximate surface area is 136 Å². The summed E-state index contributed by atoms with van der Waals surface area (Å²) in [4.78, 5) is 47.0. The van der Waals surface area contributed by atoms with Crippen LogP contribution in [0.4, 0.5) is 0 Å². The first-order valence-electron chi connectivity index (χ1n) is 6.93. The van der Waals surface area contributed by atoms with Gasteiger partial charge in [-0.1, -0.05) is 0 Å². The molecule has 1 fully saturated rings. The topological polar surface area (TPSA) is 179 Å². The Hall–Kier alpha value is -1.56. The van der Waals surface area contributed by atoms with Gasteiger partial charge in [0, 0.05) is 6.92 Å². The van der Waals surface area contributed by atoms with E-state index in [9.17, 15) is 44.7 Å². The molecule has 1 aliphatic rings. The molecule has 0 spiro atoms. The summed E-state index contributed by atoms with van der Waals surface area (Å²) in [6, 6.07) is 0. The SMILES string of the molecule is CC(=O)C(O)[C@H]1O[C@](O)(C(C)=O)[C@H](O)[C@](O)(C(C)=O)[C@@]1(O)C(C)=O. The summed E-state index contributed by atoms with van der Waals surface area (Å²) in [6.07, 6.45) is -7.44. The zero-order chi connectivity index (χ0) is 19.2. The second-order valence-electron chi connectivity index (χ2n) is 5.89. The fraction of sp³-hybridized carbons (Fsp3) is 0.714. The highest BCUT2D eigenvalue weighted by Crippen LogP contribution is 2.44. The lowest BCUT2D eigenvalue weighted by molar-refractivity contribution is -0.371. The summed E-state index contributed by atoms with van der Waals surface area (Å²) in [6.45, 7) is 2.97. The van der Waals surface area contributed by atoms with Crippen LogP contribution in [0.15, 0.2) is 0 Å². The molecule has 0 aromatic heterocycles. The molecule has 5 N–H and O–H groups in total. The van der Waals surface area contributed by atoms with Gasteiger partial charge in [0.05, 0.1) is 0 Å². The Morgan fingerprint density at radius 3 is 1.58 bits per heavy atom. The number of aliphatic hydroxyl groups is 5. The van der Waals surface area contributed by atoms with Crippen molar-refractivity contribution >= 4 is 23.1 Å². The third kappa shape index (κ3) is 2.42. The van der Waals surface area contributed by atoms with Crippen molar-refractivity contribution in [3.8, 4) is 0 Å². The van der Waals surface area contributed by atoms with Gasteiger partial charge in [0.1, 0.15) is 12.2 Å². The average Bonchev–Trinajstić information content (AvgIpc) is 2.47. The van der Waals surface area contributed by atoms with E-state index in [0.29, 0.717) is 13.8 Å². The number of hydrogen-bond donors (Lipinski definition) is 5. The molecule has 10 heteroatoms. The van der Waals surface area contributed by atoms with Crippen LogP contribution < -0.4 is 0 Å². The van der Waals surface area contributed by atoms with Crippen molar-refractivity contribution in [2.45, 2.75) is 63.0 Å². The lowest BCUT2D eigenvalue weighted by atomic mass is 9.64. The van der Waals surface area contributed by atoms with Crippen LogP contribution in [-0.4, -0.2) is 84.0 Å². The predicted octanol–water partition coefficient (Wildman–Crippen LogP) is -3.39. The number of rotatable bonds is 5. The van der Waals surface area contributed by atoms with Crippen molar-refractivity contribution in [1.82, 2.24) is 0 Å². The van der Waals surface area contributed by atoms with Gasteiger partial charge in [0.25, 0.3) is 5.79 Å². The highest BCUT2D eigenvalue weighted by Gasteiger charge is 2.76. The predicted molar refractivity (Wildman–Crippen MR) is 74.5 cm³/mol. The summed E-state index contributed by atoms with van der Waals surface area (Å²) in [5, 5.41) is 51.6. The highest BCUT2D eigenvalue weighted by atomic mass is 16.7. The van der Waals surface area contributed by atoms with Gasteiger partial charge in [-0.15, -0.1) is 0 Å². The van der Waals surface area contributed by atoms with Crippen LogP contribution in [0, 0.1) is 0 Å². The standard InChI is InChI=1S/C14H20O10/c1-5(15)9(19)10-12(21,6(2)16)13(22,7(3)17)11(20)14(23,24-10)8(4)18/h9-11,19-23H,1-4H3/t9?,10-,11-,12-,13-,14-/m1/s1. The molecule has 0 aromatic carbocycles. The molecule has 1 saturated heterocycles. The van der Waals surface area contributed by atoms with E-state index in [1.54, 1.807) is 0 Å². The molecule has 1 rings (SSSR count). The van der Waals surface area contributed by atoms with Crippen molar-refractivity contribution in [2.75, 3.05) is 0 Å². The van der Waals surface area contributed by atoms with Gasteiger partial charge >= 0.3 is 0 Å². The van der Waals surface area contributed by atoms with Gasteiger partial charge in [-0.3, -0.25) is 19.2 Å². The molecule has 136 valence electrons. The Balaban J connectivity index is 3.81. The molecule has 24 heavy (non-hydrogen) atoms. The highest BCUT2D eigenvalue weighted by molar-refractivity contribution is 6.01. The van der Waals surface area contributed by atoms with Crippen molar-refractivity contribution in [3.05, 3.63) is 0 Å². The first-order chi connectivity index (χ1) is 10.7. The van der Waals surface area contributed by atoms with Gasteiger partial charge in [0.15, 0.2) is 40.4 Å². The Morgan fingerprint density at radius 2 is 1.29 bits per heavy atom. The minimum absolute atomic E-state index is 0.681. The number of aliphatic hydroxyl groups excluding tert-OH is 2. The molecule has 6 atom stereocenters. The summed E-state index contributed by atoms with van der Waals surface area (Å²) >= 11 is 0. The molecule has 0 aromatic rings. The number of Topliss-reactive ketones (excluding diaryl/α,β-unsaturated/α-hetero) is 4. The van der Waals surface area contributed by atoms with Crippen molar-refractivity contribution in [2.24, 2.45) is 0 Å². The largest absolute Gasteiger partial charge is 0.383 e. The lowest BCUT2D eigenvalue weighted by Crippen LogP contribution is -2.84. The van der Waals surface area contributed by atoms with Crippen LogP contribution in [0.2, 0.25) is 0 Å². The number of carbonyl (C=O) groups is 4. The smallest absolute Gasteiger partial charge is 0.257 e. The van der Waals surface area contributed by atoms with Gasteiger partial charge in [0.2, 0.25) is 0 Å². The normalized spacial score (nSPS) is 40.7. The quantitative estimate of drug-likeness (QED) is 0.336. The minimum Gasteiger partial charge on any atom is -0.383 e. The molecular weight excluding hydrogens is 328 g/mol. The van der Waals surface area contributed by atoms with Gasteiger partial charge in [-0.25, -0.2) is 0 Å². The van der Waals surface area contributed by atoms with Crippen LogP contribution in [-0.2, 0) is 23.9 Å². The second kappa shape index (κ2) is 6.06. The molecule has 0 aliphatic carbocycles. The van der Waals surface area contributed by atoms with E-state index in [-0.39, 0.29) is 0 Å². The minimum atomic E-state index is -3.42. The monoisotopic (exact) mass is 348 g/mol. The van der Waals surface area contributed by atoms with E-state index in [4.69, 9.17) is 4.74 Å². The summed E-state index contributed by atoms with van der Waals surface area (Å²) in [7, 11) is 0. The fourth-order valence-electron chi connectivity index (χ4n) is 2.76. The van der Waals surface area contributed by atoms with E-state index in [2.05, 4.69) is 0 Å². The number of ketones is 4. The van der Waals surface area contributed by atoms with Crippen molar-refractivity contribution < 1.29 is 49.4 Å². The molecule has 0 radical (unpaired) electrons. The van der Waals surface area contributed by atoms with Crippen molar-refractivity contribution in [3.63, 3.8) is 0 Å². The van der Waals surface area contributed by atoms with E-state index < -0.39 is 58.4 Å². The fourth-order valence-corrected chi connectivity index (χ4v) is 2.76. The summed E-state index contributed by atoms with van der Waals surface area (Å²) < 4.78 is 4.80. The van der Waals surface area contributed by atoms with E-state index in [1.165, 1.54) is 0 Å². The number of carbonyl (C=O) groups excluding carboxylic acids is 4. The van der Waals surface area contributed by atoms with E-state index in [0.717, 1.165) is 13.8 Å². The molecule has 0 saturated carbocycles. The maximum Gasteiger partial charge on any atom is 0.257 e. The maximum absolute atomic E-state index is 12.0. The van der Waals surface area contributed by atoms with Gasteiger partial charge in [-0.05, 0) is 20.8 Å². The molecule has 1 unspecified atom stereocenters. The molecule has 0 amide bonds. The number of ether oxygens (including phenoxy) is 1. The first kappa shape index (κ1) is 20.5. The van der Waals surface area contributed by atoms with Crippen LogP contribution in [0.1, 0.15) is 27.7 Å². The molecule has 1 aliphatic heterocycles. The number of hydrogen-bond acceptors (Lipinski definition) is 10. The van der Waals surface area contributed by atoms with E-state index >= 15 is 0 Å². The molecule has 1 heterocycles. The molecule has 0 bridgehead atoms.